The zero-order valence-corrected chi connectivity index (χ0v) is 24.2. The topological polar surface area (TPSA) is 85.6 Å². The molecule has 5 aromatic rings. The van der Waals surface area contributed by atoms with Gasteiger partial charge in [0.2, 0.25) is 0 Å². The second-order valence-electron chi connectivity index (χ2n) is 10.4. The summed E-state index contributed by atoms with van der Waals surface area (Å²) in [6.45, 7) is 4.60. The molecule has 0 aliphatic carbocycles. The van der Waals surface area contributed by atoms with Gasteiger partial charge in [0.05, 0.1) is 36.6 Å². The van der Waals surface area contributed by atoms with Crippen LogP contribution in [0, 0.1) is 6.92 Å². The number of benzene rings is 3. The molecule has 0 saturated carbocycles. The van der Waals surface area contributed by atoms with Gasteiger partial charge in [-0.1, -0.05) is 48.5 Å². The van der Waals surface area contributed by atoms with Crippen LogP contribution in [-0.2, 0) is 6.42 Å². The van der Waals surface area contributed by atoms with Crippen molar-refractivity contribution in [3.8, 4) is 17.2 Å². The van der Waals surface area contributed by atoms with Crippen LogP contribution >= 0.6 is 0 Å². The van der Waals surface area contributed by atoms with Crippen molar-refractivity contribution in [1.29, 1.82) is 0 Å². The fourth-order valence-corrected chi connectivity index (χ4v) is 5.52. The van der Waals surface area contributed by atoms with E-state index in [1.165, 1.54) is 0 Å². The molecule has 3 aromatic carbocycles. The van der Waals surface area contributed by atoms with Gasteiger partial charge in [0.1, 0.15) is 23.1 Å². The quantitative estimate of drug-likeness (QED) is 0.273. The number of fused-ring (bicyclic) bond motifs is 1. The van der Waals surface area contributed by atoms with E-state index in [2.05, 4.69) is 17.0 Å². The van der Waals surface area contributed by atoms with Crippen LogP contribution in [0.4, 0.5) is 5.82 Å². The highest BCUT2D eigenvalue weighted by Gasteiger charge is 2.27. The smallest absolute Gasteiger partial charge is 0.257 e. The Bertz CT molecular complexity index is 1700. The summed E-state index contributed by atoms with van der Waals surface area (Å²) in [4.78, 5) is 27.9. The number of aromatic nitrogens is 4. The fraction of sp³-hybridized carbons (Fsp3) is 0.273. The minimum Gasteiger partial charge on any atom is -0.497 e. The van der Waals surface area contributed by atoms with Crippen molar-refractivity contribution in [3.63, 3.8) is 0 Å². The van der Waals surface area contributed by atoms with E-state index in [9.17, 15) is 4.79 Å². The van der Waals surface area contributed by atoms with Crippen molar-refractivity contribution in [3.05, 3.63) is 102 Å². The van der Waals surface area contributed by atoms with E-state index in [-0.39, 0.29) is 5.91 Å². The van der Waals surface area contributed by atoms with Crippen LogP contribution < -0.4 is 14.4 Å². The average molecular weight is 563 g/mol. The number of anilines is 1. The number of rotatable bonds is 7. The normalized spacial score (nSPS) is 13.7. The first kappa shape index (κ1) is 27.3. The maximum absolute atomic E-state index is 13.6. The van der Waals surface area contributed by atoms with E-state index in [4.69, 9.17) is 24.5 Å². The second-order valence-corrected chi connectivity index (χ2v) is 10.4. The molecule has 1 aliphatic rings. The van der Waals surface area contributed by atoms with Gasteiger partial charge < -0.3 is 19.3 Å². The molecule has 6 rings (SSSR count). The minimum absolute atomic E-state index is 0.0537. The van der Waals surface area contributed by atoms with E-state index in [0.29, 0.717) is 43.1 Å². The van der Waals surface area contributed by atoms with Crippen LogP contribution in [0.15, 0.2) is 78.9 Å². The van der Waals surface area contributed by atoms with Gasteiger partial charge in [0, 0.05) is 38.7 Å². The lowest BCUT2D eigenvalue weighted by Gasteiger charge is -2.24. The van der Waals surface area contributed by atoms with Crippen molar-refractivity contribution < 1.29 is 14.3 Å². The molecule has 1 amide bonds. The second kappa shape index (κ2) is 11.9. The summed E-state index contributed by atoms with van der Waals surface area (Å²) in [5, 5.41) is 5.84. The Morgan fingerprint density at radius 1 is 0.857 bits per heavy atom. The molecular formula is C33H34N6O3. The van der Waals surface area contributed by atoms with Crippen LogP contribution in [0.3, 0.4) is 0 Å². The van der Waals surface area contributed by atoms with E-state index in [1.54, 1.807) is 32.4 Å². The molecule has 1 saturated heterocycles. The molecule has 9 nitrogen and oxygen atoms in total. The van der Waals surface area contributed by atoms with Crippen molar-refractivity contribution in [2.24, 2.45) is 0 Å². The average Bonchev–Trinajstić information content (AvgIpc) is 3.19. The number of ether oxygens (including phenoxy) is 2. The zero-order valence-electron chi connectivity index (χ0n) is 24.2. The summed E-state index contributed by atoms with van der Waals surface area (Å²) in [5.41, 5.74) is 4.28. The first-order valence-corrected chi connectivity index (χ1v) is 14.2. The minimum atomic E-state index is -0.0537. The molecule has 1 fully saturated rings. The van der Waals surface area contributed by atoms with Crippen LogP contribution in [0.1, 0.15) is 33.9 Å². The molecule has 0 bridgehead atoms. The highest BCUT2D eigenvalue weighted by Crippen LogP contribution is 2.31. The van der Waals surface area contributed by atoms with Crippen LogP contribution in [0.2, 0.25) is 0 Å². The molecule has 0 unspecified atom stereocenters. The Morgan fingerprint density at radius 2 is 1.62 bits per heavy atom. The molecule has 0 radical (unpaired) electrons. The van der Waals surface area contributed by atoms with E-state index in [1.807, 2.05) is 65.0 Å². The van der Waals surface area contributed by atoms with Gasteiger partial charge in [-0.05, 0) is 43.2 Å². The largest absolute Gasteiger partial charge is 0.497 e. The van der Waals surface area contributed by atoms with Gasteiger partial charge in [0.15, 0.2) is 5.65 Å². The van der Waals surface area contributed by atoms with E-state index >= 15 is 0 Å². The molecule has 2 aromatic heterocycles. The Morgan fingerprint density at radius 3 is 2.36 bits per heavy atom. The van der Waals surface area contributed by atoms with Crippen LogP contribution in [-0.4, -0.2) is 71.0 Å². The molecule has 0 N–H and O–H groups in total. The Labute approximate surface area is 245 Å². The lowest BCUT2D eigenvalue weighted by molar-refractivity contribution is 0.0763. The fourth-order valence-electron chi connectivity index (χ4n) is 5.52. The number of nitrogens with zero attached hydrogens (tertiary/aromatic N) is 6. The third-order valence-electron chi connectivity index (χ3n) is 7.66. The number of carbonyl (C=O) groups is 1. The molecule has 1 aliphatic heterocycles. The van der Waals surface area contributed by atoms with E-state index in [0.717, 1.165) is 52.6 Å². The van der Waals surface area contributed by atoms with Crippen LogP contribution in [0.5, 0.6) is 11.5 Å². The van der Waals surface area contributed by atoms with Crippen molar-refractivity contribution in [2.75, 3.05) is 45.3 Å². The first-order valence-electron chi connectivity index (χ1n) is 14.2. The molecule has 42 heavy (non-hydrogen) atoms. The summed E-state index contributed by atoms with van der Waals surface area (Å²) in [6, 6.07) is 25.6. The summed E-state index contributed by atoms with van der Waals surface area (Å²) >= 11 is 0. The van der Waals surface area contributed by atoms with Crippen molar-refractivity contribution in [2.45, 2.75) is 19.8 Å². The third kappa shape index (κ3) is 5.37. The number of methoxy groups -OCH3 is 2. The monoisotopic (exact) mass is 562 g/mol. The third-order valence-corrected chi connectivity index (χ3v) is 7.66. The molecule has 0 spiro atoms. The van der Waals surface area contributed by atoms with Gasteiger partial charge >= 0.3 is 0 Å². The molecule has 214 valence electrons. The van der Waals surface area contributed by atoms with Gasteiger partial charge in [-0.2, -0.15) is 5.10 Å². The highest BCUT2D eigenvalue weighted by atomic mass is 16.5. The van der Waals surface area contributed by atoms with Crippen molar-refractivity contribution >= 4 is 22.8 Å². The van der Waals surface area contributed by atoms with Gasteiger partial charge in [-0.25, -0.2) is 14.6 Å². The SMILES string of the molecule is COc1ccc(C(=O)N2CCCN(c3nc(Cc4ccccc4)nc4c3c(C)nn4-c3ccccc3)CC2)c(OC)c1. The lowest BCUT2D eigenvalue weighted by Crippen LogP contribution is -2.35. The molecular weight excluding hydrogens is 528 g/mol. The maximum Gasteiger partial charge on any atom is 0.257 e. The Balaban J connectivity index is 1.35. The Kier molecular flexibility index (Phi) is 7.72. The van der Waals surface area contributed by atoms with Crippen LogP contribution in [0.25, 0.3) is 16.7 Å². The van der Waals surface area contributed by atoms with Gasteiger partial charge in [-0.15, -0.1) is 0 Å². The molecule has 0 atom stereocenters. The number of hydrogen-bond acceptors (Lipinski definition) is 7. The summed E-state index contributed by atoms with van der Waals surface area (Å²) in [6.07, 6.45) is 1.41. The standard InChI is InChI=1S/C33H34N6O3/c1-23-30-31(37-17-10-18-38(20-19-37)33(40)27-16-15-26(41-2)22-28(27)42-3)34-29(21-24-11-6-4-7-12-24)35-32(30)39(36-23)25-13-8-5-9-14-25/h4-9,11-16,22H,10,17-21H2,1-3H3. The van der Waals surface area contributed by atoms with Gasteiger partial charge in [-0.3, -0.25) is 4.79 Å². The Hall–Kier alpha value is -4.92. The maximum atomic E-state index is 13.6. The number of hydrogen-bond donors (Lipinski definition) is 0. The summed E-state index contributed by atoms with van der Waals surface area (Å²) < 4.78 is 12.7. The number of para-hydroxylation sites is 1. The predicted molar refractivity (Wildman–Crippen MR) is 163 cm³/mol. The lowest BCUT2D eigenvalue weighted by atomic mass is 10.1. The van der Waals surface area contributed by atoms with E-state index < -0.39 is 0 Å². The number of aryl methyl sites for hydroxylation is 1. The zero-order chi connectivity index (χ0) is 29.1. The first-order chi connectivity index (χ1) is 20.6. The van der Waals surface area contributed by atoms with Crippen molar-refractivity contribution in [1.82, 2.24) is 24.6 Å². The summed E-state index contributed by atoms with van der Waals surface area (Å²) in [5.74, 6) is 2.70. The molecule has 3 heterocycles. The van der Waals surface area contributed by atoms with Gasteiger partial charge in [0.25, 0.3) is 5.91 Å². The number of carbonyl (C=O) groups excluding carboxylic acids is 1. The summed E-state index contributed by atoms with van der Waals surface area (Å²) in [7, 11) is 3.17. The molecule has 9 heteroatoms. The number of amides is 1. The highest BCUT2D eigenvalue weighted by molar-refractivity contribution is 5.97. The predicted octanol–water partition coefficient (Wildman–Crippen LogP) is 5.08.